The van der Waals surface area contributed by atoms with Crippen LogP contribution in [0.3, 0.4) is 0 Å². The van der Waals surface area contributed by atoms with Crippen molar-refractivity contribution in [2.24, 2.45) is 0 Å². The third-order valence-corrected chi connectivity index (χ3v) is 6.78. The molecule has 0 radical (unpaired) electrons. The topological polar surface area (TPSA) is 93.2 Å². The fourth-order valence-electron chi connectivity index (χ4n) is 4.70. The summed E-state index contributed by atoms with van der Waals surface area (Å²) in [5, 5.41) is 0. The van der Waals surface area contributed by atoms with Crippen molar-refractivity contribution in [2.75, 3.05) is 9.80 Å². The van der Waals surface area contributed by atoms with Crippen LogP contribution in [0.4, 0.5) is 11.4 Å². The molecule has 0 saturated carbocycles. The maximum absolute atomic E-state index is 11.9. The predicted molar refractivity (Wildman–Crippen MR) is 152 cm³/mol. The number of hydrogen-bond acceptors (Lipinski definition) is 6. The number of imide groups is 2. The molecule has 2 aliphatic rings. The van der Waals surface area contributed by atoms with E-state index in [0.717, 1.165) is 22.4 Å². The average Bonchev–Trinajstić information content (AvgIpc) is 3.50. The Labute approximate surface area is 236 Å². The highest BCUT2D eigenvalue weighted by atomic mass is 16.5. The molecule has 0 aliphatic carbocycles. The van der Waals surface area contributed by atoms with Crippen LogP contribution < -0.4 is 19.3 Å². The summed E-state index contributed by atoms with van der Waals surface area (Å²) in [5.41, 5.74) is 3.28. The van der Waals surface area contributed by atoms with E-state index in [4.69, 9.17) is 9.47 Å². The number of rotatable bonds is 8. The maximum atomic E-state index is 11.9. The predicted octanol–water partition coefficient (Wildman–Crippen LogP) is 5.94. The molecule has 202 valence electrons. The molecule has 1 fully saturated rings. The van der Waals surface area contributed by atoms with Gasteiger partial charge in [0.1, 0.15) is 23.0 Å². The molecule has 0 N–H and O–H groups in total. The van der Waals surface area contributed by atoms with Gasteiger partial charge in [0.05, 0.1) is 11.4 Å². The quantitative estimate of drug-likeness (QED) is 0.255. The Hall–Kier alpha value is -5.50. The van der Waals surface area contributed by atoms with Gasteiger partial charge in [-0.05, 0) is 90.3 Å². The maximum Gasteiger partial charge on any atom is 0.258 e. The summed E-state index contributed by atoms with van der Waals surface area (Å²) in [7, 11) is 0. The first kappa shape index (κ1) is 25.8. The fraction of sp³-hybridized carbons (Fsp3) is 0.0909. The summed E-state index contributed by atoms with van der Waals surface area (Å²) in [6, 6.07) is 29.3. The van der Waals surface area contributed by atoms with E-state index in [2.05, 4.69) is 0 Å². The Morgan fingerprint density at radius 1 is 0.463 bits per heavy atom. The number of carbonyl (C=O) groups is 4. The Kier molecular flexibility index (Phi) is 6.87. The van der Waals surface area contributed by atoms with Crippen molar-refractivity contribution in [3.8, 4) is 23.0 Å². The zero-order valence-corrected chi connectivity index (χ0v) is 21.9. The molecule has 8 heteroatoms. The van der Waals surface area contributed by atoms with Gasteiger partial charge in [-0.1, -0.05) is 24.3 Å². The van der Waals surface area contributed by atoms with Gasteiger partial charge in [0.25, 0.3) is 11.8 Å². The van der Waals surface area contributed by atoms with E-state index in [9.17, 15) is 19.2 Å². The van der Waals surface area contributed by atoms with E-state index < -0.39 is 0 Å². The zero-order valence-electron chi connectivity index (χ0n) is 21.9. The van der Waals surface area contributed by atoms with Gasteiger partial charge in [-0.2, -0.15) is 0 Å². The number of amides is 4. The number of benzene rings is 4. The van der Waals surface area contributed by atoms with Crippen LogP contribution in [0.2, 0.25) is 0 Å². The Balaban J connectivity index is 1.02. The molecule has 4 amide bonds. The Morgan fingerprint density at radius 3 is 1.20 bits per heavy atom. The van der Waals surface area contributed by atoms with Crippen LogP contribution in [-0.4, -0.2) is 23.6 Å². The molecule has 0 atom stereocenters. The van der Waals surface area contributed by atoms with Crippen LogP contribution >= 0.6 is 0 Å². The minimum atomic E-state index is -0.358. The summed E-state index contributed by atoms with van der Waals surface area (Å²) in [4.78, 5) is 49.9. The molecule has 2 aliphatic heterocycles. The van der Waals surface area contributed by atoms with Gasteiger partial charge in [0.15, 0.2) is 0 Å². The van der Waals surface area contributed by atoms with Crippen molar-refractivity contribution >= 4 is 35.0 Å². The van der Waals surface area contributed by atoms with E-state index >= 15 is 0 Å². The van der Waals surface area contributed by atoms with Gasteiger partial charge in [0.2, 0.25) is 11.8 Å². The average molecular weight is 545 g/mol. The molecular formula is C33H24N2O6. The van der Waals surface area contributed by atoms with Gasteiger partial charge in [-0.25, -0.2) is 4.90 Å². The lowest BCUT2D eigenvalue weighted by molar-refractivity contribution is -0.122. The molecule has 8 nitrogen and oxygen atoms in total. The first-order valence-corrected chi connectivity index (χ1v) is 13.1. The molecule has 2 heterocycles. The molecule has 0 aromatic heterocycles. The number of ether oxygens (including phenoxy) is 2. The number of nitrogens with zero attached hydrogens (tertiary/aromatic N) is 2. The molecule has 41 heavy (non-hydrogen) atoms. The lowest BCUT2D eigenvalue weighted by atomic mass is 10.0. The van der Waals surface area contributed by atoms with Crippen LogP contribution in [0.1, 0.15) is 24.0 Å². The highest BCUT2D eigenvalue weighted by Crippen LogP contribution is 2.29. The molecule has 4 aromatic rings. The van der Waals surface area contributed by atoms with Crippen molar-refractivity contribution < 1.29 is 28.7 Å². The molecule has 1 saturated heterocycles. The van der Waals surface area contributed by atoms with Crippen molar-refractivity contribution in [3.63, 3.8) is 0 Å². The van der Waals surface area contributed by atoms with Gasteiger partial charge in [0, 0.05) is 25.0 Å². The first-order valence-electron chi connectivity index (χ1n) is 13.1. The highest BCUT2D eigenvalue weighted by molar-refractivity contribution is 6.28. The van der Waals surface area contributed by atoms with E-state index in [-0.39, 0.29) is 36.5 Å². The van der Waals surface area contributed by atoms with E-state index in [1.165, 1.54) is 17.1 Å². The third-order valence-electron chi connectivity index (χ3n) is 6.78. The summed E-state index contributed by atoms with van der Waals surface area (Å²) < 4.78 is 11.8. The van der Waals surface area contributed by atoms with Crippen LogP contribution in [0.25, 0.3) is 0 Å². The smallest absolute Gasteiger partial charge is 0.258 e. The minimum Gasteiger partial charge on any atom is -0.457 e. The van der Waals surface area contributed by atoms with E-state index in [0.29, 0.717) is 34.4 Å². The summed E-state index contributed by atoms with van der Waals surface area (Å²) in [5.74, 6) is 1.48. The van der Waals surface area contributed by atoms with Crippen LogP contribution in [0.5, 0.6) is 23.0 Å². The van der Waals surface area contributed by atoms with E-state index in [1.54, 1.807) is 48.5 Å². The third kappa shape index (κ3) is 5.62. The molecule has 6 rings (SSSR count). The van der Waals surface area contributed by atoms with Crippen LogP contribution in [0, 0.1) is 0 Å². The number of anilines is 2. The van der Waals surface area contributed by atoms with Gasteiger partial charge in [-0.3, -0.25) is 24.1 Å². The SMILES string of the molecule is O=C1C=CC(=O)N1c1ccc(Oc2ccc(Cc3ccc(Oc4ccc(N5C(=O)CCC5=O)cc4)cc3)cc2)cc1. The first-order chi connectivity index (χ1) is 19.9. The number of carbonyl (C=O) groups excluding carboxylic acids is 4. The second kappa shape index (κ2) is 10.9. The minimum absolute atomic E-state index is 0.179. The fourth-order valence-corrected chi connectivity index (χ4v) is 4.70. The summed E-state index contributed by atoms with van der Waals surface area (Å²) in [6.07, 6.45) is 3.74. The van der Waals surface area contributed by atoms with Crippen LogP contribution in [0.15, 0.2) is 109 Å². The second-order valence-electron chi connectivity index (χ2n) is 9.62. The lowest BCUT2D eigenvalue weighted by Crippen LogP contribution is -2.29. The lowest BCUT2D eigenvalue weighted by Gasteiger charge is -2.14. The number of hydrogen-bond donors (Lipinski definition) is 0. The zero-order chi connectivity index (χ0) is 28.3. The van der Waals surface area contributed by atoms with Crippen molar-refractivity contribution in [1.82, 2.24) is 0 Å². The molecule has 4 aromatic carbocycles. The summed E-state index contributed by atoms with van der Waals surface area (Å²) >= 11 is 0. The largest absolute Gasteiger partial charge is 0.457 e. The van der Waals surface area contributed by atoms with E-state index in [1.807, 2.05) is 48.5 Å². The van der Waals surface area contributed by atoms with Crippen molar-refractivity contribution in [2.45, 2.75) is 19.3 Å². The van der Waals surface area contributed by atoms with Gasteiger partial charge >= 0.3 is 0 Å². The molecule has 0 bridgehead atoms. The molecule has 0 unspecified atom stereocenters. The normalized spacial score (nSPS) is 14.7. The molecular weight excluding hydrogens is 520 g/mol. The summed E-state index contributed by atoms with van der Waals surface area (Å²) in [6.45, 7) is 0. The standard InChI is InChI=1S/C33H24N2O6/c36-30-17-18-31(37)34(30)24-5-13-28(14-6-24)40-26-9-1-22(2-10-26)21-23-3-11-27(12-4-23)41-29-15-7-25(8-16-29)35-32(38)19-20-33(35)39/h1-18H,19-21H2. The van der Waals surface area contributed by atoms with Gasteiger partial charge < -0.3 is 9.47 Å². The Morgan fingerprint density at radius 2 is 0.805 bits per heavy atom. The van der Waals surface area contributed by atoms with Gasteiger partial charge in [-0.15, -0.1) is 0 Å². The Bertz CT molecular complexity index is 1530. The second-order valence-corrected chi connectivity index (χ2v) is 9.62. The highest BCUT2D eigenvalue weighted by Gasteiger charge is 2.30. The monoisotopic (exact) mass is 544 g/mol. The van der Waals surface area contributed by atoms with Crippen LogP contribution in [-0.2, 0) is 25.6 Å². The van der Waals surface area contributed by atoms with Crippen molar-refractivity contribution in [3.05, 3.63) is 120 Å². The van der Waals surface area contributed by atoms with Crippen molar-refractivity contribution in [1.29, 1.82) is 0 Å². The molecule has 0 spiro atoms.